The second kappa shape index (κ2) is 9.48. The lowest BCUT2D eigenvalue weighted by atomic mass is 9.93. The third-order valence-electron chi connectivity index (χ3n) is 5.76. The molecule has 2 heterocycles. The number of carbonyl (C=O) groups is 1. The number of hydrogen-bond donors (Lipinski definition) is 1. The van der Waals surface area contributed by atoms with Gasteiger partial charge in [0.25, 0.3) is 0 Å². The SMILES string of the molecule is CC[C@H](C)NC(=O)C[C@H](c1cccs1)c1cn(Cc2ccc(F)cc2)c2ccccc12. The van der Waals surface area contributed by atoms with E-state index in [1.807, 2.05) is 37.3 Å². The number of thiophene rings is 1. The predicted molar refractivity (Wildman–Crippen MR) is 126 cm³/mol. The number of hydrogen-bond acceptors (Lipinski definition) is 2. The van der Waals surface area contributed by atoms with Crippen LogP contribution in [0.1, 0.15) is 48.6 Å². The van der Waals surface area contributed by atoms with Gasteiger partial charge < -0.3 is 9.88 Å². The van der Waals surface area contributed by atoms with Gasteiger partial charge in [0, 0.05) is 46.9 Å². The summed E-state index contributed by atoms with van der Waals surface area (Å²) in [5.74, 6) is -0.168. The summed E-state index contributed by atoms with van der Waals surface area (Å²) in [6.07, 6.45) is 3.48. The molecule has 0 aliphatic rings. The monoisotopic (exact) mass is 434 g/mol. The zero-order valence-corrected chi connectivity index (χ0v) is 18.7. The lowest BCUT2D eigenvalue weighted by Crippen LogP contribution is -2.32. The first-order valence-electron chi connectivity index (χ1n) is 10.7. The number of halogens is 1. The van der Waals surface area contributed by atoms with Crippen molar-refractivity contribution in [3.63, 3.8) is 0 Å². The van der Waals surface area contributed by atoms with Gasteiger partial charge in [-0.1, -0.05) is 43.3 Å². The minimum absolute atomic E-state index is 0.0107. The second-order valence-electron chi connectivity index (χ2n) is 8.00. The van der Waals surface area contributed by atoms with Crippen LogP contribution in [0, 0.1) is 5.82 Å². The molecular formula is C26H27FN2OS. The smallest absolute Gasteiger partial charge is 0.221 e. The quantitative estimate of drug-likeness (QED) is 0.346. The molecule has 3 nitrogen and oxygen atoms in total. The molecule has 0 spiro atoms. The molecule has 0 saturated carbocycles. The van der Waals surface area contributed by atoms with E-state index < -0.39 is 0 Å². The summed E-state index contributed by atoms with van der Waals surface area (Å²) in [6, 6.07) is 19.2. The number of amides is 1. The maximum absolute atomic E-state index is 13.3. The van der Waals surface area contributed by atoms with Gasteiger partial charge in [0.2, 0.25) is 5.91 Å². The fourth-order valence-electron chi connectivity index (χ4n) is 3.94. The van der Waals surface area contributed by atoms with E-state index in [9.17, 15) is 9.18 Å². The van der Waals surface area contributed by atoms with Crippen LogP contribution in [0.25, 0.3) is 10.9 Å². The molecular weight excluding hydrogens is 407 g/mol. The number of para-hydroxylation sites is 1. The van der Waals surface area contributed by atoms with Gasteiger partial charge in [0.05, 0.1) is 0 Å². The highest BCUT2D eigenvalue weighted by Crippen LogP contribution is 2.37. The molecule has 2 aromatic carbocycles. The van der Waals surface area contributed by atoms with E-state index in [0.29, 0.717) is 13.0 Å². The average molecular weight is 435 g/mol. The van der Waals surface area contributed by atoms with Gasteiger partial charge in [-0.25, -0.2) is 4.39 Å². The highest BCUT2D eigenvalue weighted by molar-refractivity contribution is 7.10. The van der Waals surface area contributed by atoms with Crippen molar-refractivity contribution in [3.8, 4) is 0 Å². The van der Waals surface area contributed by atoms with E-state index in [2.05, 4.69) is 46.6 Å². The molecule has 0 saturated heterocycles. The molecule has 0 aliphatic carbocycles. The van der Waals surface area contributed by atoms with E-state index >= 15 is 0 Å². The second-order valence-corrected chi connectivity index (χ2v) is 8.98. The van der Waals surface area contributed by atoms with E-state index in [4.69, 9.17) is 0 Å². The minimum Gasteiger partial charge on any atom is -0.354 e. The van der Waals surface area contributed by atoms with Crippen molar-refractivity contribution in [1.29, 1.82) is 0 Å². The number of nitrogens with one attached hydrogen (secondary N) is 1. The number of aromatic nitrogens is 1. The molecule has 160 valence electrons. The number of fused-ring (bicyclic) bond motifs is 1. The van der Waals surface area contributed by atoms with Gasteiger partial charge >= 0.3 is 0 Å². The first-order valence-corrected chi connectivity index (χ1v) is 11.6. The van der Waals surface area contributed by atoms with Crippen molar-refractivity contribution >= 4 is 28.1 Å². The highest BCUT2D eigenvalue weighted by Gasteiger charge is 2.24. The molecule has 4 rings (SSSR count). The molecule has 1 amide bonds. The van der Waals surface area contributed by atoms with E-state index in [0.717, 1.165) is 28.5 Å². The molecule has 4 aromatic rings. The first kappa shape index (κ1) is 21.3. The maximum atomic E-state index is 13.3. The topological polar surface area (TPSA) is 34.0 Å². The Labute approximate surface area is 186 Å². The Bertz CT molecular complexity index is 1150. The van der Waals surface area contributed by atoms with Crippen LogP contribution in [0.15, 0.2) is 72.2 Å². The van der Waals surface area contributed by atoms with Crippen LogP contribution >= 0.6 is 11.3 Å². The van der Waals surface area contributed by atoms with Crippen LogP contribution in [0.3, 0.4) is 0 Å². The van der Waals surface area contributed by atoms with Crippen LogP contribution in [0.5, 0.6) is 0 Å². The van der Waals surface area contributed by atoms with Crippen LogP contribution in [-0.4, -0.2) is 16.5 Å². The molecule has 2 aromatic heterocycles. The molecule has 5 heteroatoms. The number of rotatable bonds is 8. The van der Waals surface area contributed by atoms with Crippen LogP contribution in [0.2, 0.25) is 0 Å². The largest absolute Gasteiger partial charge is 0.354 e. The number of carbonyl (C=O) groups excluding carboxylic acids is 1. The zero-order chi connectivity index (χ0) is 21.8. The van der Waals surface area contributed by atoms with Gasteiger partial charge in [0.1, 0.15) is 5.82 Å². The summed E-state index contributed by atoms with van der Waals surface area (Å²) in [5.41, 5.74) is 3.31. The average Bonchev–Trinajstić information content (AvgIpc) is 3.43. The van der Waals surface area contributed by atoms with Crippen LogP contribution in [-0.2, 0) is 11.3 Å². The summed E-state index contributed by atoms with van der Waals surface area (Å²) in [6.45, 7) is 4.76. The van der Waals surface area contributed by atoms with Gasteiger partial charge in [-0.2, -0.15) is 0 Å². The van der Waals surface area contributed by atoms with Crippen molar-refractivity contribution in [2.24, 2.45) is 0 Å². The maximum Gasteiger partial charge on any atom is 0.221 e. The Morgan fingerprint density at radius 3 is 2.58 bits per heavy atom. The summed E-state index contributed by atoms with van der Waals surface area (Å²) < 4.78 is 15.5. The van der Waals surface area contributed by atoms with Crippen molar-refractivity contribution in [2.45, 2.75) is 45.2 Å². The number of benzene rings is 2. The fraction of sp³-hybridized carbons (Fsp3) is 0.269. The van der Waals surface area contributed by atoms with Gasteiger partial charge in [-0.05, 0) is 54.1 Å². The van der Waals surface area contributed by atoms with Gasteiger partial charge in [-0.3, -0.25) is 4.79 Å². The standard InChI is InChI=1S/C26H27FN2OS/c1-3-18(2)28-26(30)15-22(25-9-6-14-31-25)23-17-29(24-8-5-4-7-21(23)24)16-19-10-12-20(27)13-11-19/h4-14,17-18,22H,3,15-16H2,1-2H3,(H,28,30)/t18-,22-/m0/s1. The lowest BCUT2D eigenvalue weighted by molar-refractivity contribution is -0.121. The first-order chi connectivity index (χ1) is 15.0. The Kier molecular flexibility index (Phi) is 6.52. The summed E-state index contributed by atoms with van der Waals surface area (Å²) in [5, 5.41) is 6.33. The Balaban J connectivity index is 1.72. The molecule has 31 heavy (non-hydrogen) atoms. The zero-order valence-electron chi connectivity index (χ0n) is 17.8. The van der Waals surface area contributed by atoms with Crippen LogP contribution < -0.4 is 5.32 Å². The summed E-state index contributed by atoms with van der Waals surface area (Å²) in [7, 11) is 0. The predicted octanol–water partition coefficient (Wildman–Crippen LogP) is 6.33. The van der Waals surface area contributed by atoms with Crippen molar-refractivity contribution < 1.29 is 9.18 Å². The summed E-state index contributed by atoms with van der Waals surface area (Å²) in [4.78, 5) is 14.0. The Morgan fingerprint density at radius 2 is 1.87 bits per heavy atom. The van der Waals surface area contributed by atoms with Crippen molar-refractivity contribution in [1.82, 2.24) is 9.88 Å². The molecule has 1 N–H and O–H groups in total. The Hall–Kier alpha value is -2.92. The molecule has 0 fully saturated rings. The fourth-order valence-corrected chi connectivity index (χ4v) is 4.79. The third-order valence-corrected chi connectivity index (χ3v) is 6.74. The third kappa shape index (κ3) is 4.88. The van der Waals surface area contributed by atoms with Crippen LogP contribution in [0.4, 0.5) is 4.39 Å². The molecule has 2 atom stereocenters. The molecule has 0 radical (unpaired) electrons. The Morgan fingerprint density at radius 1 is 1.10 bits per heavy atom. The minimum atomic E-state index is -0.230. The van der Waals surface area contributed by atoms with E-state index in [1.165, 1.54) is 17.0 Å². The highest BCUT2D eigenvalue weighted by atomic mass is 32.1. The van der Waals surface area contributed by atoms with Gasteiger partial charge in [-0.15, -0.1) is 11.3 Å². The lowest BCUT2D eigenvalue weighted by Gasteiger charge is -2.17. The van der Waals surface area contributed by atoms with Gasteiger partial charge in [0.15, 0.2) is 0 Å². The molecule has 0 unspecified atom stereocenters. The molecule has 0 aliphatic heterocycles. The van der Waals surface area contributed by atoms with E-state index in [1.54, 1.807) is 11.3 Å². The molecule has 0 bridgehead atoms. The number of nitrogens with zero attached hydrogens (tertiary/aromatic N) is 1. The van der Waals surface area contributed by atoms with Crippen molar-refractivity contribution in [3.05, 3.63) is 94.1 Å². The van der Waals surface area contributed by atoms with Crippen molar-refractivity contribution in [2.75, 3.05) is 0 Å². The van der Waals surface area contributed by atoms with E-state index in [-0.39, 0.29) is 23.7 Å². The normalized spacial score (nSPS) is 13.3. The summed E-state index contributed by atoms with van der Waals surface area (Å²) >= 11 is 1.68.